The van der Waals surface area contributed by atoms with Gasteiger partial charge in [-0.15, -0.1) is 11.8 Å². The molecular weight excluding hydrogens is 252 g/mol. The number of aromatic nitrogens is 1. The molecule has 0 spiro atoms. The van der Waals surface area contributed by atoms with Crippen molar-refractivity contribution in [2.75, 3.05) is 18.9 Å². The molecule has 0 radical (unpaired) electrons. The summed E-state index contributed by atoms with van der Waals surface area (Å²) in [5.74, 6) is 2.04. The fourth-order valence-corrected chi connectivity index (χ4v) is 2.36. The van der Waals surface area contributed by atoms with Crippen LogP contribution < -0.4 is 5.32 Å². The van der Waals surface area contributed by atoms with Gasteiger partial charge in [-0.25, -0.2) is 0 Å². The van der Waals surface area contributed by atoms with Gasteiger partial charge in [-0.2, -0.15) is 0 Å². The molecule has 0 aliphatic heterocycles. The first kappa shape index (κ1) is 15.0. The molecule has 1 amide bonds. The molecule has 18 heavy (non-hydrogen) atoms. The normalized spacial score (nSPS) is 12.4. The Morgan fingerprint density at radius 3 is 2.83 bits per heavy atom. The number of thioether (sulfide) groups is 1. The monoisotopic (exact) mass is 272 g/mol. The zero-order valence-electron chi connectivity index (χ0n) is 11.0. The molecule has 1 atom stereocenters. The molecule has 1 rings (SSSR count). The molecule has 6 heteroatoms. The number of amides is 1. The third-order valence-corrected chi connectivity index (χ3v) is 3.58. The van der Waals surface area contributed by atoms with Gasteiger partial charge >= 0.3 is 0 Å². The molecule has 0 aliphatic carbocycles. The lowest BCUT2D eigenvalue weighted by Gasteiger charge is -2.09. The summed E-state index contributed by atoms with van der Waals surface area (Å²) < 4.78 is 5.05. The smallest absolute Gasteiger partial charge is 0.230 e. The molecule has 1 heterocycles. The molecular formula is C12H20N2O3S. The van der Waals surface area contributed by atoms with Gasteiger partial charge in [0, 0.05) is 24.5 Å². The van der Waals surface area contributed by atoms with Gasteiger partial charge in [0.2, 0.25) is 5.91 Å². The van der Waals surface area contributed by atoms with Crippen LogP contribution in [-0.4, -0.2) is 35.1 Å². The number of carbonyl (C=O) groups is 1. The molecule has 5 nitrogen and oxygen atoms in total. The third kappa shape index (κ3) is 4.70. The van der Waals surface area contributed by atoms with Gasteiger partial charge in [0.25, 0.3) is 0 Å². The average molecular weight is 272 g/mol. The molecule has 0 aliphatic rings. The summed E-state index contributed by atoms with van der Waals surface area (Å²) in [5.41, 5.74) is 1.95. The number of carbonyl (C=O) groups excluding carboxylic acids is 1. The highest BCUT2D eigenvalue weighted by Gasteiger charge is 2.10. The van der Waals surface area contributed by atoms with E-state index in [4.69, 9.17) is 9.63 Å². The molecule has 0 saturated heterocycles. The van der Waals surface area contributed by atoms with Crippen LogP contribution in [0.15, 0.2) is 4.52 Å². The topological polar surface area (TPSA) is 75.4 Å². The van der Waals surface area contributed by atoms with E-state index in [9.17, 15) is 4.79 Å². The molecule has 0 fully saturated rings. The first-order valence-electron chi connectivity index (χ1n) is 5.91. The average Bonchev–Trinajstić information content (AvgIpc) is 2.67. The number of hydrogen-bond donors (Lipinski definition) is 2. The minimum atomic E-state index is -0.00735. The molecule has 1 aromatic heterocycles. The Morgan fingerprint density at radius 1 is 1.56 bits per heavy atom. The Kier molecular flexibility index (Phi) is 6.21. The van der Waals surface area contributed by atoms with Crippen LogP contribution in [0.4, 0.5) is 0 Å². The number of aliphatic hydroxyl groups is 1. The van der Waals surface area contributed by atoms with E-state index in [0.717, 1.165) is 22.8 Å². The van der Waals surface area contributed by atoms with Crippen molar-refractivity contribution in [2.24, 2.45) is 5.92 Å². The molecule has 1 aromatic rings. The molecule has 0 saturated carbocycles. The number of rotatable bonds is 7. The van der Waals surface area contributed by atoms with E-state index in [-0.39, 0.29) is 18.4 Å². The van der Waals surface area contributed by atoms with Gasteiger partial charge in [-0.05, 0) is 19.8 Å². The van der Waals surface area contributed by atoms with E-state index in [1.54, 1.807) is 0 Å². The van der Waals surface area contributed by atoms with E-state index >= 15 is 0 Å². The van der Waals surface area contributed by atoms with E-state index in [2.05, 4.69) is 10.5 Å². The summed E-state index contributed by atoms with van der Waals surface area (Å²) in [6, 6.07) is 0. The highest BCUT2D eigenvalue weighted by Crippen LogP contribution is 2.19. The molecule has 2 N–H and O–H groups in total. The largest absolute Gasteiger partial charge is 0.396 e. The molecule has 102 valence electrons. The van der Waals surface area contributed by atoms with Crippen molar-refractivity contribution < 1.29 is 14.4 Å². The summed E-state index contributed by atoms with van der Waals surface area (Å²) in [4.78, 5) is 11.5. The SMILES string of the molecule is Cc1noc(C)c1CSCC(=O)NCC(C)CO. The quantitative estimate of drug-likeness (QED) is 0.782. The van der Waals surface area contributed by atoms with Gasteiger partial charge in [-0.3, -0.25) is 4.79 Å². The van der Waals surface area contributed by atoms with Gasteiger partial charge in [0.05, 0.1) is 11.4 Å². The predicted molar refractivity (Wildman–Crippen MR) is 71.4 cm³/mol. The van der Waals surface area contributed by atoms with E-state index in [0.29, 0.717) is 12.3 Å². The van der Waals surface area contributed by atoms with Crippen LogP contribution in [0.1, 0.15) is 23.9 Å². The van der Waals surface area contributed by atoms with Gasteiger partial charge in [0.1, 0.15) is 5.76 Å². The van der Waals surface area contributed by atoms with Crippen molar-refractivity contribution in [3.8, 4) is 0 Å². The van der Waals surface area contributed by atoms with Crippen molar-refractivity contribution in [1.82, 2.24) is 10.5 Å². The Hall–Kier alpha value is -1.01. The van der Waals surface area contributed by atoms with Crippen molar-refractivity contribution in [2.45, 2.75) is 26.5 Å². The Balaban J connectivity index is 2.24. The first-order chi connectivity index (χ1) is 8.54. The maximum absolute atomic E-state index is 11.5. The summed E-state index contributed by atoms with van der Waals surface area (Å²) in [6.45, 7) is 6.26. The fourth-order valence-electron chi connectivity index (χ4n) is 1.36. The Labute approximate surface area is 111 Å². The Morgan fingerprint density at radius 2 is 2.28 bits per heavy atom. The van der Waals surface area contributed by atoms with Crippen LogP contribution in [0.25, 0.3) is 0 Å². The first-order valence-corrected chi connectivity index (χ1v) is 7.07. The third-order valence-electron chi connectivity index (χ3n) is 2.62. The summed E-state index contributed by atoms with van der Waals surface area (Å²) in [6.07, 6.45) is 0. The van der Waals surface area contributed by atoms with Crippen LogP contribution in [0.2, 0.25) is 0 Å². The lowest BCUT2D eigenvalue weighted by atomic mass is 10.2. The predicted octanol–water partition coefficient (Wildman–Crippen LogP) is 1.27. The molecule has 0 aromatic carbocycles. The van der Waals surface area contributed by atoms with Crippen molar-refractivity contribution in [3.63, 3.8) is 0 Å². The highest BCUT2D eigenvalue weighted by atomic mass is 32.2. The summed E-state index contributed by atoms with van der Waals surface area (Å²) in [7, 11) is 0. The van der Waals surface area contributed by atoms with Crippen LogP contribution in [0, 0.1) is 19.8 Å². The van der Waals surface area contributed by atoms with Gasteiger partial charge < -0.3 is 14.9 Å². The standard InChI is InChI=1S/C12H20N2O3S/c1-8(5-15)4-13-12(16)7-18-6-11-9(2)14-17-10(11)3/h8,15H,4-7H2,1-3H3,(H,13,16). The summed E-state index contributed by atoms with van der Waals surface area (Å²) in [5, 5.41) is 15.5. The second-order valence-electron chi connectivity index (χ2n) is 4.39. The number of nitrogens with one attached hydrogen (secondary N) is 1. The van der Waals surface area contributed by atoms with Gasteiger partial charge in [0.15, 0.2) is 0 Å². The van der Waals surface area contributed by atoms with Crippen LogP contribution >= 0.6 is 11.8 Å². The zero-order chi connectivity index (χ0) is 13.5. The van der Waals surface area contributed by atoms with Crippen molar-refractivity contribution in [1.29, 1.82) is 0 Å². The minimum Gasteiger partial charge on any atom is -0.396 e. The van der Waals surface area contributed by atoms with Crippen LogP contribution in [-0.2, 0) is 10.5 Å². The van der Waals surface area contributed by atoms with Crippen molar-refractivity contribution in [3.05, 3.63) is 17.0 Å². The lowest BCUT2D eigenvalue weighted by molar-refractivity contribution is -0.118. The van der Waals surface area contributed by atoms with Gasteiger partial charge in [-0.1, -0.05) is 12.1 Å². The molecule has 1 unspecified atom stereocenters. The van der Waals surface area contributed by atoms with Crippen LogP contribution in [0.3, 0.4) is 0 Å². The van der Waals surface area contributed by atoms with E-state index < -0.39 is 0 Å². The zero-order valence-corrected chi connectivity index (χ0v) is 11.8. The second-order valence-corrected chi connectivity index (χ2v) is 5.37. The maximum Gasteiger partial charge on any atom is 0.230 e. The second kappa shape index (κ2) is 7.43. The number of hydrogen-bond acceptors (Lipinski definition) is 5. The van der Waals surface area contributed by atoms with Crippen LogP contribution in [0.5, 0.6) is 0 Å². The van der Waals surface area contributed by atoms with E-state index in [1.165, 1.54) is 11.8 Å². The molecule has 0 bridgehead atoms. The highest BCUT2D eigenvalue weighted by molar-refractivity contribution is 7.99. The lowest BCUT2D eigenvalue weighted by Crippen LogP contribution is -2.30. The maximum atomic E-state index is 11.5. The van der Waals surface area contributed by atoms with E-state index in [1.807, 2.05) is 20.8 Å². The fraction of sp³-hybridized carbons (Fsp3) is 0.667. The Bertz CT molecular complexity index is 373. The number of aryl methyl sites for hydroxylation is 2. The van der Waals surface area contributed by atoms with Crippen molar-refractivity contribution >= 4 is 17.7 Å². The minimum absolute atomic E-state index is 0.00735. The number of aliphatic hydroxyl groups excluding tert-OH is 1. The number of nitrogens with zero attached hydrogens (tertiary/aromatic N) is 1. The summed E-state index contributed by atoms with van der Waals surface area (Å²) >= 11 is 1.53.